The first-order valence-corrected chi connectivity index (χ1v) is 13.3. The Kier molecular flexibility index (Phi) is 6.62. The predicted octanol–water partition coefficient (Wildman–Crippen LogP) is 3.74. The number of piperidine rings is 1. The van der Waals surface area contributed by atoms with E-state index in [0.29, 0.717) is 12.6 Å². The third-order valence-corrected chi connectivity index (χ3v) is 7.84. The first-order chi connectivity index (χ1) is 17.3. The Morgan fingerprint density at radius 1 is 0.857 bits per heavy atom. The molecule has 0 amide bonds. The van der Waals surface area contributed by atoms with Crippen LogP contribution in [0.15, 0.2) is 42.9 Å². The molecule has 1 aromatic carbocycles. The van der Waals surface area contributed by atoms with E-state index in [9.17, 15) is 0 Å². The van der Waals surface area contributed by atoms with Crippen LogP contribution in [0.4, 0.5) is 11.5 Å². The van der Waals surface area contributed by atoms with Crippen molar-refractivity contribution >= 4 is 11.5 Å². The summed E-state index contributed by atoms with van der Waals surface area (Å²) in [5, 5.41) is 12.5. The first-order valence-electron chi connectivity index (χ1n) is 13.3. The summed E-state index contributed by atoms with van der Waals surface area (Å²) in [5.41, 5.74) is 4.08. The van der Waals surface area contributed by atoms with Crippen LogP contribution in [0.2, 0.25) is 0 Å². The van der Waals surface area contributed by atoms with Crippen LogP contribution in [0.1, 0.15) is 50.5 Å². The molecule has 3 fully saturated rings. The highest BCUT2D eigenvalue weighted by atomic mass is 15.4. The van der Waals surface area contributed by atoms with Crippen molar-refractivity contribution in [1.29, 1.82) is 0 Å². The van der Waals surface area contributed by atoms with Crippen LogP contribution < -0.4 is 15.1 Å². The van der Waals surface area contributed by atoms with E-state index in [1.54, 1.807) is 6.20 Å². The maximum Gasteiger partial charge on any atom is 0.147 e. The summed E-state index contributed by atoms with van der Waals surface area (Å²) >= 11 is 0. The van der Waals surface area contributed by atoms with Gasteiger partial charge in [0, 0.05) is 37.9 Å². The molecule has 0 spiro atoms. The van der Waals surface area contributed by atoms with Crippen LogP contribution in [0.3, 0.4) is 0 Å². The lowest BCUT2D eigenvalue weighted by Gasteiger charge is -2.36. The number of aromatic nitrogens is 5. The molecule has 1 atom stereocenters. The number of nitrogens with one attached hydrogen (secondary N) is 1. The van der Waals surface area contributed by atoms with Gasteiger partial charge >= 0.3 is 0 Å². The lowest BCUT2D eigenvalue weighted by atomic mass is 9.85. The summed E-state index contributed by atoms with van der Waals surface area (Å²) in [6.45, 7) is 6.25. The molecule has 2 aliphatic heterocycles. The van der Waals surface area contributed by atoms with Gasteiger partial charge in [-0.2, -0.15) is 0 Å². The smallest absolute Gasteiger partial charge is 0.147 e. The SMILES string of the molecule is c1cc(N2CCC[C@@H](NCC3CCC3)C2)ccc1Cn1cc(-c2cncc(N3CCCC3)n2)nn1. The van der Waals surface area contributed by atoms with E-state index in [0.717, 1.165) is 49.3 Å². The van der Waals surface area contributed by atoms with Crippen LogP contribution >= 0.6 is 0 Å². The second kappa shape index (κ2) is 10.3. The van der Waals surface area contributed by atoms with Gasteiger partial charge in [0.1, 0.15) is 17.2 Å². The average molecular weight is 473 g/mol. The van der Waals surface area contributed by atoms with Gasteiger partial charge in [-0.1, -0.05) is 23.8 Å². The summed E-state index contributed by atoms with van der Waals surface area (Å²) in [5.74, 6) is 1.85. The molecule has 2 aromatic heterocycles. The van der Waals surface area contributed by atoms with E-state index in [1.165, 1.54) is 62.7 Å². The molecule has 8 heteroatoms. The van der Waals surface area contributed by atoms with E-state index in [-0.39, 0.29) is 0 Å². The van der Waals surface area contributed by atoms with Gasteiger partial charge in [0.25, 0.3) is 0 Å². The number of benzene rings is 1. The van der Waals surface area contributed by atoms with Crippen molar-refractivity contribution in [3.05, 3.63) is 48.4 Å². The van der Waals surface area contributed by atoms with Crippen molar-refractivity contribution in [3.8, 4) is 11.4 Å². The molecule has 2 saturated heterocycles. The van der Waals surface area contributed by atoms with Crippen molar-refractivity contribution in [2.75, 3.05) is 42.5 Å². The minimum atomic E-state index is 0.615. The summed E-state index contributed by atoms with van der Waals surface area (Å²) in [6, 6.07) is 9.56. The van der Waals surface area contributed by atoms with Crippen LogP contribution in [-0.4, -0.2) is 63.7 Å². The molecule has 0 radical (unpaired) electrons. The van der Waals surface area contributed by atoms with E-state index >= 15 is 0 Å². The van der Waals surface area contributed by atoms with Gasteiger partial charge in [-0.15, -0.1) is 5.10 Å². The molecule has 35 heavy (non-hydrogen) atoms. The topological polar surface area (TPSA) is 75.0 Å². The number of hydrogen-bond acceptors (Lipinski definition) is 7. The van der Waals surface area contributed by atoms with Gasteiger partial charge in [0.2, 0.25) is 0 Å². The number of anilines is 2. The van der Waals surface area contributed by atoms with Gasteiger partial charge in [0.05, 0.1) is 25.1 Å². The number of hydrogen-bond donors (Lipinski definition) is 1. The number of nitrogens with zero attached hydrogens (tertiary/aromatic N) is 7. The summed E-state index contributed by atoms with van der Waals surface area (Å²) in [4.78, 5) is 14.0. The van der Waals surface area contributed by atoms with Crippen molar-refractivity contribution in [2.45, 2.75) is 57.5 Å². The normalized spacial score (nSPS) is 20.9. The van der Waals surface area contributed by atoms with Gasteiger partial charge in [0.15, 0.2) is 0 Å². The second-order valence-corrected chi connectivity index (χ2v) is 10.4. The van der Waals surface area contributed by atoms with E-state index in [4.69, 9.17) is 4.98 Å². The zero-order valence-electron chi connectivity index (χ0n) is 20.5. The van der Waals surface area contributed by atoms with Gasteiger partial charge in [-0.3, -0.25) is 4.98 Å². The van der Waals surface area contributed by atoms with Gasteiger partial charge in [-0.05, 0) is 68.7 Å². The molecule has 1 N–H and O–H groups in total. The zero-order chi connectivity index (χ0) is 23.5. The summed E-state index contributed by atoms with van der Waals surface area (Å²) in [7, 11) is 0. The monoisotopic (exact) mass is 472 g/mol. The Hall–Kier alpha value is -3.00. The first kappa shape index (κ1) is 22.5. The molecular formula is C27H36N8. The van der Waals surface area contributed by atoms with Crippen LogP contribution in [0, 0.1) is 5.92 Å². The van der Waals surface area contributed by atoms with Gasteiger partial charge < -0.3 is 15.1 Å². The Labute approximate surface area is 207 Å². The zero-order valence-corrected chi connectivity index (χ0v) is 20.5. The molecule has 184 valence electrons. The van der Waals surface area contributed by atoms with Crippen molar-refractivity contribution in [1.82, 2.24) is 30.3 Å². The minimum Gasteiger partial charge on any atom is -0.370 e. The predicted molar refractivity (Wildman–Crippen MR) is 139 cm³/mol. The molecule has 6 rings (SSSR count). The standard InChI is InChI=1S/C27H36N8/c1-2-13-33(12-1)27-17-28-16-25(30-27)26-20-35(32-31-26)18-22-8-10-24(11-9-22)34-14-4-7-23(19-34)29-15-21-5-3-6-21/h8-11,16-17,20-21,23,29H,1-7,12-15,18-19H2/t23-/m1/s1. The molecule has 3 aliphatic rings. The van der Waals surface area contributed by atoms with Crippen molar-refractivity contribution in [3.63, 3.8) is 0 Å². The third kappa shape index (κ3) is 5.32. The van der Waals surface area contributed by atoms with Crippen molar-refractivity contribution < 1.29 is 0 Å². The number of rotatable bonds is 8. The Morgan fingerprint density at radius 2 is 1.69 bits per heavy atom. The summed E-state index contributed by atoms with van der Waals surface area (Å²) < 4.78 is 1.88. The van der Waals surface area contributed by atoms with E-state index in [2.05, 4.69) is 54.7 Å². The molecular weight excluding hydrogens is 436 g/mol. The fraction of sp³-hybridized carbons (Fsp3) is 0.556. The molecule has 1 aliphatic carbocycles. The second-order valence-electron chi connectivity index (χ2n) is 10.4. The highest BCUT2D eigenvalue weighted by molar-refractivity contribution is 5.54. The quantitative estimate of drug-likeness (QED) is 0.535. The molecule has 8 nitrogen and oxygen atoms in total. The largest absolute Gasteiger partial charge is 0.370 e. The third-order valence-electron chi connectivity index (χ3n) is 7.84. The minimum absolute atomic E-state index is 0.615. The Bertz CT molecular complexity index is 1100. The van der Waals surface area contributed by atoms with E-state index < -0.39 is 0 Å². The summed E-state index contributed by atoms with van der Waals surface area (Å²) in [6.07, 6.45) is 14.8. The lowest BCUT2D eigenvalue weighted by Crippen LogP contribution is -2.47. The molecule has 4 heterocycles. The van der Waals surface area contributed by atoms with Crippen LogP contribution in [-0.2, 0) is 6.54 Å². The fourth-order valence-corrected chi connectivity index (χ4v) is 5.48. The molecule has 0 bridgehead atoms. The lowest BCUT2D eigenvalue weighted by molar-refractivity contribution is 0.280. The Balaban J connectivity index is 1.06. The molecule has 3 aromatic rings. The van der Waals surface area contributed by atoms with Crippen molar-refractivity contribution in [2.24, 2.45) is 5.92 Å². The van der Waals surface area contributed by atoms with Crippen LogP contribution in [0.5, 0.6) is 0 Å². The highest BCUT2D eigenvalue weighted by Gasteiger charge is 2.23. The molecule has 0 unspecified atom stereocenters. The maximum atomic E-state index is 4.78. The van der Waals surface area contributed by atoms with E-state index in [1.807, 2.05) is 17.1 Å². The fourth-order valence-electron chi connectivity index (χ4n) is 5.48. The Morgan fingerprint density at radius 3 is 2.49 bits per heavy atom. The highest BCUT2D eigenvalue weighted by Crippen LogP contribution is 2.26. The maximum absolute atomic E-state index is 4.78. The van der Waals surface area contributed by atoms with Crippen LogP contribution in [0.25, 0.3) is 11.4 Å². The average Bonchev–Trinajstić information content (AvgIpc) is 3.57. The van der Waals surface area contributed by atoms with Gasteiger partial charge in [-0.25, -0.2) is 9.67 Å². The molecule has 1 saturated carbocycles.